The van der Waals surface area contributed by atoms with E-state index < -0.39 is 10.0 Å². The molecule has 40 heavy (non-hydrogen) atoms. The summed E-state index contributed by atoms with van der Waals surface area (Å²) in [5, 5.41) is 8.00. The van der Waals surface area contributed by atoms with Crippen molar-refractivity contribution < 1.29 is 17.9 Å². The number of hydrogen-bond donors (Lipinski definition) is 2. The Labute approximate surface area is 237 Å². The van der Waals surface area contributed by atoms with Crippen molar-refractivity contribution in [1.82, 2.24) is 9.78 Å². The molecule has 0 saturated heterocycles. The van der Waals surface area contributed by atoms with Crippen molar-refractivity contribution >= 4 is 38.9 Å². The van der Waals surface area contributed by atoms with Crippen LogP contribution in [0, 0.1) is 6.92 Å². The molecular formula is C30H25ClN4O4S. The van der Waals surface area contributed by atoms with Gasteiger partial charge in [0.15, 0.2) is 0 Å². The number of aromatic nitrogens is 2. The van der Waals surface area contributed by atoms with Gasteiger partial charge in [-0.1, -0.05) is 41.9 Å². The van der Waals surface area contributed by atoms with Crippen LogP contribution in [-0.4, -0.2) is 31.2 Å². The SMILES string of the molecule is COc1ccc(C(=O)Nc2ccc(-n3nc(-c4ccccc4)cc3C)c(NS(=O)(=O)c3ccc(Cl)cc3)c2)cc1. The second kappa shape index (κ2) is 11.3. The fraction of sp³-hybridized carbons (Fsp3) is 0.0667. The third kappa shape index (κ3) is 5.85. The first-order valence-electron chi connectivity index (χ1n) is 12.2. The van der Waals surface area contributed by atoms with Crippen LogP contribution in [0.3, 0.4) is 0 Å². The van der Waals surface area contributed by atoms with Crippen molar-refractivity contribution in [2.75, 3.05) is 17.1 Å². The van der Waals surface area contributed by atoms with Gasteiger partial charge >= 0.3 is 0 Å². The lowest BCUT2D eigenvalue weighted by molar-refractivity contribution is 0.102. The van der Waals surface area contributed by atoms with Crippen molar-refractivity contribution in [3.63, 3.8) is 0 Å². The average Bonchev–Trinajstić information content (AvgIpc) is 3.35. The molecule has 1 aromatic heterocycles. The monoisotopic (exact) mass is 572 g/mol. The molecule has 0 unspecified atom stereocenters. The van der Waals surface area contributed by atoms with Gasteiger partial charge in [-0.2, -0.15) is 5.10 Å². The molecule has 0 radical (unpaired) electrons. The van der Waals surface area contributed by atoms with E-state index in [0.29, 0.717) is 27.7 Å². The molecule has 0 aliphatic rings. The molecule has 0 aliphatic carbocycles. The number of methoxy groups -OCH3 is 1. The molecule has 1 amide bonds. The summed E-state index contributed by atoms with van der Waals surface area (Å²) in [7, 11) is -2.45. The van der Waals surface area contributed by atoms with E-state index >= 15 is 0 Å². The number of hydrogen-bond acceptors (Lipinski definition) is 5. The Balaban J connectivity index is 1.54. The quantitative estimate of drug-likeness (QED) is 0.219. The highest BCUT2D eigenvalue weighted by atomic mass is 35.5. The molecule has 0 spiro atoms. The summed E-state index contributed by atoms with van der Waals surface area (Å²) in [5.74, 6) is 0.271. The molecule has 0 aliphatic heterocycles. The van der Waals surface area contributed by atoms with Crippen LogP contribution >= 0.6 is 11.6 Å². The third-order valence-electron chi connectivity index (χ3n) is 6.16. The molecular weight excluding hydrogens is 548 g/mol. The van der Waals surface area contributed by atoms with Gasteiger partial charge in [0.05, 0.1) is 29.1 Å². The van der Waals surface area contributed by atoms with Gasteiger partial charge in [-0.05, 0) is 79.7 Å². The summed E-state index contributed by atoms with van der Waals surface area (Å²) in [6.07, 6.45) is 0. The molecule has 2 N–H and O–H groups in total. The maximum atomic E-state index is 13.3. The summed E-state index contributed by atoms with van der Waals surface area (Å²) in [5.41, 5.74) is 3.99. The second-order valence-electron chi connectivity index (χ2n) is 8.92. The van der Waals surface area contributed by atoms with Gasteiger partial charge in [-0.3, -0.25) is 9.52 Å². The zero-order valence-electron chi connectivity index (χ0n) is 21.6. The lowest BCUT2D eigenvalue weighted by Gasteiger charge is -2.16. The van der Waals surface area contributed by atoms with Crippen molar-refractivity contribution in [3.8, 4) is 22.7 Å². The van der Waals surface area contributed by atoms with Crippen LogP contribution in [0.4, 0.5) is 11.4 Å². The van der Waals surface area contributed by atoms with Crippen LogP contribution in [0.2, 0.25) is 5.02 Å². The summed E-state index contributed by atoms with van der Waals surface area (Å²) in [4.78, 5) is 13.0. The third-order valence-corrected chi connectivity index (χ3v) is 7.79. The Bertz CT molecular complexity index is 1770. The highest BCUT2D eigenvalue weighted by Gasteiger charge is 2.20. The van der Waals surface area contributed by atoms with E-state index in [4.69, 9.17) is 21.4 Å². The lowest BCUT2D eigenvalue weighted by Crippen LogP contribution is -2.16. The van der Waals surface area contributed by atoms with E-state index in [1.807, 2.05) is 43.3 Å². The number of carbonyl (C=O) groups is 1. The van der Waals surface area contributed by atoms with E-state index in [1.165, 1.54) is 24.3 Å². The fourth-order valence-corrected chi connectivity index (χ4v) is 5.30. The second-order valence-corrected chi connectivity index (χ2v) is 11.0. The van der Waals surface area contributed by atoms with Crippen LogP contribution in [-0.2, 0) is 10.0 Å². The van der Waals surface area contributed by atoms with E-state index in [0.717, 1.165) is 17.0 Å². The molecule has 0 saturated carbocycles. The normalized spacial score (nSPS) is 11.2. The molecule has 5 aromatic rings. The van der Waals surface area contributed by atoms with Gasteiger partial charge in [0.1, 0.15) is 5.75 Å². The summed E-state index contributed by atoms with van der Waals surface area (Å²) in [6.45, 7) is 1.89. The highest BCUT2D eigenvalue weighted by Crippen LogP contribution is 2.30. The molecule has 0 bridgehead atoms. The number of anilines is 2. The predicted octanol–water partition coefficient (Wildman–Crippen LogP) is 6.56. The minimum Gasteiger partial charge on any atom is -0.497 e. The van der Waals surface area contributed by atoms with E-state index in [1.54, 1.807) is 54.3 Å². The van der Waals surface area contributed by atoms with E-state index in [-0.39, 0.29) is 16.5 Å². The summed E-state index contributed by atoms with van der Waals surface area (Å²) >= 11 is 5.96. The number of aryl methyl sites for hydroxylation is 1. The largest absolute Gasteiger partial charge is 0.497 e. The minimum absolute atomic E-state index is 0.0395. The number of benzene rings is 4. The number of carbonyl (C=O) groups excluding carboxylic acids is 1. The summed E-state index contributed by atoms with van der Waals surface area (Å²) in [6, 6.07) is 29.1. The number of sulfonamides is 1. The molecule has 5 rings (SSSR count). The van der Waals surface area contributed by atoms with Crippen molar-refractivity contribution in [1.29, 1.82) is 0 Å². The molecule has 1 heterocycles. The standard InChI is InChI=1S/C30H25ClN4O4S/c1-20-18-27(21-6-4-3-5-7-21)33-35(20)29-17-12-24(32-30(36)22-8-13-25(39-2)14-9-22)19-28(29)34-40(37,38)26-15-10-23(31)11-16-26/h3-19,34H,1-2H3,(H,32,36). The Kier molecular flexibility index (Phi) is 7.59. The van der Waals surface area contributed by atoms with Crippen molar-refractivity contribution in [2.45, 2.75) is 11.8 Å². The van der Waals surface area contributed by atoms with Crippen LogP contribution in [0.5, 0.6) is 5.75 Å². The number of halogens is 1. The van der Waals surface area contributed by atoms with Crippen LogP contribution in [0.25, 0.3) is 16.9 Å². The van der Waals surface area contributed by atoms with Crippen molar-refractivity contribution in [2.24, 2.45) is 0 Å². The molecule has 202 valence electrons. The van der Waals surface area contributed by atoms with Gasteiger partial charge < -0.3 is 10.1 Å². The molecule has 10 heteroatoms. The highest BCUT2D eigenvalue weighted by molar-refractivity contribution is 7.92. The number of amides is 1. The molecule has 0 atom stereocenters. The Morgan fingerprint density at radius 1 is 0.900 bits per heavy atom. The number of ether oxygens (including phenoxy) is 1. The Morgan fingerprint density at radius 3 is 2.27 bits per heavy atom. The fourth-order valence-electron chi connectivity index (χ4n) is 4.11. The minimum atomic E-state index is -4.00. The van der Waals surface area contributed by atoms with Crippen LogP contribution in [0.15, 0.2) is 108 Å². The Morgan fingerprint density at radius 2 is 1.60 bits per heavy atom. The van der Waals surface area contributed by atoms with Crippen molar-refractivity contribution in [3.05, 3.63) is 119 Å². The van der Waals surface area contributed by atoms with E-state index in [9.17, 15) is 13.2 Å². The lowest BCUT2D eigenvalue weighted by atomic mass is 10.1. The van der Waals surface area contributed by atoms with Gasteiger partial charge in [0, 0.05) is 27.5 Å². The first-order valence-corrected chi connectivity index (χ1v) is 14.1. The first-order chi connectivity index (χ1) is 19.2. The molecule has 8 nitrogen and oxygen atoms in total. The van der Waals surface area contributed by atoms with Crippen LogP contribution in [0.1, 0.15) is 16.1 Å². The summed E-state index contributed by atoms with van der Waals surface area (Å²) < 4.78 is 36.2. The maximum Gasteiger partial charge on any atom is 0.261 e. The van der Waals surface area contributed by atoms with Gasteiger partial charge in [0.2, 0.25) is 0 Å². The topological polar surface area (TPSA) is 102 Å². The first kappa shape index (κ1) is 27.0. The number of nitrogens with zero attached hydrogens (tertiary/aromatic N) is 2. The van der Waals surface area contributed by atoms with Crippen LogP contribution < -0.4 is 14.8 Å². The zero-order chi connectivity index (χ0) is 28.3. The van der Waals surface area contributed by atoms with E-state index in [2.05, 4.69) is 10.0 Å². The maximum absolute atomic E-state index is 13.3. The average molecular weight is 573 g/mol. The number of nitrogens with one attached hydrogen (secondary N) is 2. The number of rotatable bonds is 8. The molecule has 4 aromatic carbocycles. The zero-order valence-corrected chi connectivity index (χ0v) is 23.2. The smallest absolute Gasteiger partial charge is 0.261 e. The Hall–Kier alpha value is -4.60. The van der Waals surface area contributed by atoms with Gasteiger partial charge in [-0.25, -0.2) is 13.1 Å². The van der Waals surface area contributed by atoms with Gasteiger partial charge in [0.25, 0.3) is 15.9 Å². The molecule has 0 fully saturated rings. The predicted molar refractivity (Wildman–Crippen MR) is 157 cm³/mol. The van der Waals surface area contributed by atoms with Gasteiger partial charge in [-0.15, -0.1) is 0 Å².